The Kier molecular flexibility index (Phi) is 2.82. The molecule has 0 amide bonds. The molecule has 0 aromatic rings. The third-order valence-electron chi connectivity index (χ3n) is 3.62. The summed E-state index contributed by atoms with van der Waals surface area (Å²) >= 11 is 0. The van der Waals surface area contributed by atoms with Gasteiger partial charge in [0.1, 0.15) is 0 Å². The minimum Gasteiger partial charge on any atom is -0.394 e. The van der Waals surface area contributed by atoms with Gasteiger partial charge in [-0.25, -0.2) is 0 Å². The van der Waals surface area contributed by atoms with Crippen molar-refractivity contribution in [1.82, 2.24) is 10.2 Å². The molecule has 1 saturated carbocycles. The molecule has 2 aliphatic rings. The van der Waals surface area contributed by atoms with Crippen LogP contribution in [0.2, 0.25) is 0 Å². The number of likely N-dealkylation sites (tertiary alicyclic amines) is 1. The van der Waals surface area contributed by atoms with E-state index in [-0.39, 0.29) is 5.54 Å². The molecule has 0 spiro atoms. The number of aliphatic hydroxyl groups is 1. The predicted molar refractivity (Wildman–Crippen MR) is 57.3 cm³/mol. The lowest BCUT2D eigenvalue weighted by molar-refractivity contribution is 0.212. The van der Waals surface area contributed by atoms with E-state index in [2.05, 4.69) is 24.1 Å². The Balaban J connectivity index is 1.79. The minimum atomic E-state index is 0.109. The molecule has 2 rings (SSSR count). The lowest BCUT2D eigenvalue weighted by Crippen LogP contribution is -2.44. The molecule has 1 atom stereocenters. The van der Waals surface area contributed by atoms with Gasteiger partial charge in [0.2, 0.25) is 0 Å². The third kappa shape index (κ3) is 2.10. The van der Waals surface area contributed by atoms with Crippen molar-refractivity contribution in [2.75, 3.05) is 19.7 Å². The Morgan fingerprint density at radius 1 is 1.50 bits per heavy atom. The molecule has 14 heavy (non-hydrogen) atoms. The van der Waals surface area contributed by atoms with E-state index in [1.165, 1.54) is 13.0 Å². The van der Waals surface area contributed by atoms with Gasteiger partial charge in [0.05, 0.1) is 6.61 Å². The van der Waals surface area contributed by atoms with Crippen LogP contribution >= 0.6 is 0 Å². The third-order valence-corrected chi connectivity index (χ3v) is 3.62. The van der Waals surface area contributed by atoms with Crippen molar-refractivity contribution >= 4 is 0 Å². The van der Waals surface area contributed by atoms with E-state index < -0.39 is 0 Å². The molecule has 1 aliphatic heterocycles. The molecule has 1 saturated heterocycles. The van der Waals surface area contributed by atoms with E-state index in [9.17, 15) is 5.11 Å². The lowest BCUT2D eigenvalue weighted by Gasteiger charge is -2.23. The standard InChI is InChI=1S/C11H22N2O/c1-9(2)13-6-3-10(7-13)12-11(8-14)4-5-11/h9-10,12,14H,3-8H2,1-2H3/t10-/m1/s1. The second-order valence-corrected chi connectivity index (χ2v) is 5.16. The molecule has 0 aromatic heterocycles. The average molecular weight is 198 g/mol. The van der Waals surface area contributed by atoms with Gasteiger partial charge in [-0.3, -0.25) is 4.90 Å². The fourth-order valence-electron chi connectivity index (χ4n) is 2.31. The highest BCUT2D eigenvalue weighted by Gasteiger charge is 2.44. The molecule has 0 aromatic carbocycles. The SMILES string of the molecule is CC(C)N1CC[C@@H](NC2(CO)CC2)C1. The summed E-state index contributed by atoms with van der Waals surface area (Å²) in [6, 6.07) is 1.26. The van der Waals surface area contributed by atoms with Crippen LogP contribution in [-0.2, 0) is 0 Å². The minimum absolute atomic E-state index is 0.109. The van der Waals surface area contributed by atoms with Gasteiger partial charge in [0.25, 0.3) is 0 Å². The monoisotopic (exact) mass is 198 g/mol. The largest absolute Gasteiger partial charge is 0.394 e. The van der Waals surface area contributed by atoms with Gasteiger partial charge < -0.3 is 10.4 Å². The molecule has 0 bridgehead atoms. The van der Waals surface area contributed by atoms with E-state index in [1.54, 1.807) is 0 Å². The van der Waals surface area contributed by atoms with E-state index >= 15 is 0 Å². The quantitative estimate of drug-likeness (QED) is 0.694. The number of nitrogens with one attached hydrogen (secondary N) is 1. The van der Waals surface area contributed by atoms with E-state index in [0.717, 1.165) is 19.4 Å². The second-order valence-electron chi connectivity index (χ2n) is 5.16. The smallest absolute Gasteiger partial charge is 0.0613 e. The molecular formula is C11H22N2O. The molecule has 1 heterocycles. The van der Waals surface area contributed by atoms with Gasteiger partial charge in [-0.2, -0.15) is 0 Å². The van der Waals surface area contributed by atoms with Gasteiger partial charge in [0, 0.05) is 24.2 Å². The predicted octanol–water partition coefficient (Wildman–Crippen LogP) is 0.584. The summed E-state index contributed by atoms with van der Waals surface area (Å²) in [7, 11) is 0. The summed E-state index contributed by atoms with van der Waals surface area (Å²) in [5, 5.41) is 12.8. The van der Waals surface area contributed by atoms with Crippen LogP contribution in [-0.4, -0.2) is 47.3 Å². The second kappa shape index (κ2) is 3.80. The summed E-state index contributed by atoms with van der Waals surface area (Å²) < 4.78 is 0. The normalized spacial score (nSPS) is 31.3. The van der Waals surface area contributed by atoms with Crippen molar-refractivity contribution in [3.63, 3.8) is 0 Å². The van der Waals surface area contributed by atoms with Crippen LogP contribution in [0.4, 0.5) is 0 Å². The number of aliphatic hydroxyl groups excluding tert-OH is 1. The first-order chi connectivity index (χ1) is 6.65. The zero-order valence-corrected chi connectivity index (χ0v) is 9.29. The first kappa shape index (κ1) is 10.4. The number of rotatable bonds is 4. The molecular weight excluding hydrogens is 176 g/mol. The van der Waals surface area contributed by atoms with E-state index in [0.29, 0.717) is 18.7 Å². The maximum atomic E-state index is 9.22. The molecule has 3 heteroatoms. The molecule has 2 N–H and O–H groups in total. The van der Waals surface area contributed by atoms with Crippen LogP contribution in [0.3, 0.4) is 0 Å². The zero-order chi connectivity index (χ0) is 10.2. The van der Waals surface area contributed by atoms with Gasteiger partial charge >= 0.3 is 0 Å². The van der Waals surface area contributed by atoms with E-state index in [4.69, 9.17) is 0 Å². The van der Waals surface area contributed by atoms with E-state index in [1.807, 2.05) is 0 Å². The van der Waals surface area contributed by atoms with Crippen LogP contribution in [0.25, 0.3) is 0 Å². The summed E-state index contributed by atoms with van der Waals surface area (Å²) in [6.07, 6.45) is 3.54. The zero-order valence-electron chi connectivity index (χ0n) is 9.29. The Morgan fingerprint density at radius 2 is 2.21 bits per heavy atom. The van der Waals surface area contributed by atoms with Crippen LogP contribution in [0, 0.1) is 0 Å². The summed E-state index contributed by atoms with van der Waals surface area (Å²) in [4.78, 5) is 2.51. The number of hydrogen-bond acceptors (Lipinski definition) is 3. The van der Waals surface area contributed by atoms with Crippen LogP contribution in [0.5, 0.6) is 0 Å². The summed E-state index contributed by atoms with van der Waals surface area (Å²) in [5.74, 6) is 0. The Morgan fingerprint density at radius 3 is 2.64 bits per heavy atom. The molecule has 3 nitrogen and oxygen atoms in total. The fraction of sp³-hybridized carbons (Fsp3) is 1.00. The lowest BCUT2D eigenvalue weighted by atomic mass is 10.2. The highest BCUT2D eigenvalue weighted by molar-refractivity contribution is 5.04. The van der Waals surface area contributed by atoms with Gasteiger partial charge in [-0.15, -0.1) is 0 Å². The van der Waals surface area contributed by atoms with Crippen molar-refractivity contribution in [2.45, 2.75) is 50.7 Å². The van der Waals surface area contributed by atoms with Crippen LogP contribution in [0.15, 0.2) is 0 Å². The topological polar surface area (TPSA) is 35.5 Å². The van der Waals surface area contributed by atoms with Crippen molar-refractivity contribution in [3.8, 4) is 0 Å². The average Bonchev–Trinajstić information content (AvgIpc) is 2.75. The summed E-state index contributed by atoms with van der Waals surface area (Å²) in [6.45, 7) is 7.17. The van der Waals surface area contributed by atoms with Crippen molar-refractivity contribution in [1.29, 1.82) is 0 Å². The highest BCUT2D eigenvalue weighted by Crippen LogP contribution is 2.35. The maximum absolute atomic E-state index is 9.22. The number of nitrogens with zero attached hydrogens (tertiary/aromatic N) is 1. The van der Waals surface area contributed by atoms with Gasteiger partial charge in [-0.1, -0.05) is 0 Å². The van der Waals surface area contributed by atoms with Crippen LogP contribution in [0.1, 0.15) is 33.1 Å². The Labute approximate surface area is 86.5 Å². The summed E-state index contributed by atoms with van der Waals surface area (Å²) in [5.41, 5.74) is 0.109. The Hall–Kier alpha value is -0.120. The fourth-order valence-corrected chi connectivity index (χ4v) is 2.31. The van der Waals surface area contributed by atoms with Crippen molar-refractivity contribution in [2.24, 2.45) is 0 Å². The molecule has 1 aliphatic carbocycles. The molecule has 0 radical (unpaired) electrons. The van der Waals surface area contributed by atoms with Gasteiger partial charge in [0.15, 0.2) is 0 Å². The van der Waals surface area contributed by atoms with Gasteiger partial charge in [-0.05, 0) is 39.7 Å². The number of hydrogen-bond donors (Lipinski definition) is 2. The van der Waals surface area contributed by atoms with Crippen molar-refractivity contribution < 1.29 is 5.11 Å². The molecule has 0 unspecified atom stereocenters. The Bertz CT molecular complexity index is 201. The first-order valence-electron chi connectivity index (χ1n) is 5.78. The van der Waals surface area contributed by atoms with Crippen LogP contribution < -0.4 is 5.32 Å². The maximum Gasteiger partial charge on any atom is 0.0613 e. The molecule has 2 fully saturated rings. The highest BCUT2D eigenvalue weighted by atomic mass is 16.3. The molecule has 82 valence electrons. The van der Waals surface area contributed by atoms with Crippen molar-refractivity contribution in [3.05, 3.63) is 0 Å². The first-order valence-corrected chi connectivity index (χ1v) is 5.78.